The van der Waals surface area contributed by atoms with Gasteiger partial charge >= 0.3 is 69.5 Å². The van der Waals surface area contributed by atoms with Gasteiger partial charge in [-0.2, -0.15) is 13.2 Å². The first-order valence-corrected chi connectivity index (χ1v) is 5.48. The predicted molar refractivity (Wildman–Crippen MR) is 63.0 cm³/mol. The van der Waals surface area contributed by atoms with E-state index in [9.17, 15) is 22.8 Å². The molecule has 0 saturated carbocycles. The van der Waals surface area contributed by atoms with Crippen LogP contribution >= 0.6 is 11.6 Å². The van der Waals surface area contributed by atoms with Crippen LogP contribution in [-0.4, -0.2) is 36.6 Å². The molecule has 6 nitrogen and oxygen atoms in total. The molecule has 0 atom stereocenters. The normalized spacial score (nSPS) is 10.3. The van der Waals surface area contributed by atoms with Gasteiger partial charge in [0.2, 0.25) is 0 Å². The molecule has 0 fully saturated rings. The van der Waals surface area contributed by atoms with Gasteiger partial charge in [0.25, 0.3) is 0 Å². The quantitative estimate of drug-likeness (QED) is 0.387. The summed E-state index contributed by atoms with van der Waals surface area (Å²) in [5.74, 6) is -3.71. The molecule has 118 valence electrons. The second kappa shape index (κ2) is 9.80. The van der Waals surface area contributed by atoms with Crippen LogP contribution in [-0.2, 0) is 25.2 Å². The summed E-state index contributed by atoms with van der Waals surface area (Å²) in [6, 6.07) is 0.572. The molecule has 1 rings (SSSR count). The first-order chi connectivity index (χ1) is 9.22. The zero-order valence-electron chi connectivity index (χ0n) is 11.8. The number of carbonyl (C=O) groups is 2. The maximum Gasteiger partial charge on any atom is 1.00 e. The van der Waals surface area contributed by atoms with Gasteiger partial charge in [0.05, 0.1) is 30.5 Å². The van der Waals surface area contributed by atoms with Crippen LogP contribution in [0.5, 0.6) is 0 Å². The summed E-state index contributed by atoms with van der Waals surface area (Å²) in [4.78, 5) is 26.4. The smallest absolute Gasteiger partial charge is 0.870 e. The summed E-state index contributed by atoms with van der Waals surface area (Å²) in [5, 5.41) is -0.486. The van der Waals surface area contributed by atoms with Gasteiger partial charge in [-0.3, -0.25) is 14.6 Å². The fraction of sp³-hybridized carbons (Fsp3) is 0.364. The summed E-state index contributed by atoms with van der Waals surface area (Å²) in [6.45, 7) is 0. The van der Waals surface area contributed by atoms with Gasteiger partial charge < -0.3 is 14.9 Å². The number of ether oxygens (including phenoxy) is 2. The summed E-state index contributed by atoms with van der Waals surface area (Å²) in [7, 11) is 2.02. The standard InChI is InChI=1S/C11H9ClF3NO4.K.H2O/c1-19-9(17)7(10(18)20-2)8-6(12)3-5(4-16-8)11(13,14)15;;/h3-4,7H,1-2H3;;1H2/q;+1;/p-1. The fourth-order valence-electron chi connectivity index (χ4n) is 1.37. The van der Waals surface area contributed by atoms with Gasteiger partial charge in [-0.15, -0.1) is 0 Å². The molecule has 1 aromatic heterocycles. The number of aromatic nitrogens is 1. The number of hydrogen-bond acceptors (Lipinski definition) is 6. The molecular formula is C11H10ClF3KNO5. The Morgan fingerprint density at radius 2 is 1.68 bits per heavy atom. The summed E-state index contributed by atoms with van der Waals surface area (Å²) >= 11 is 5.65. The van der Waals surface area contributed by atoms with E-state index in [2.05, 4.69) is 14.5 Å². The van der Waals surface area contributed by atoms with E-state index in [1.54, 1.807) is 0 Å². The van der Waals surface area contributed by atoms with Crippen LogP contribution in [0.15, 0.2) is 12.3 Å². The third-order valence-electron chi connectivity index (χ3n) is 2.34. The molecule has 1 aromatic rings. The van der Waals surface area contributed by atoms with Crippen molar-refractivity contribution in [3.63, 3.8) is 0 Å². The molecule has 0 aliphatic heterocycles. The Kier molecular flexibility index (Phi) is 10.7. The largest absolute Gasteiger partial charge is 1.00 e. The van der Waals surface area contributed by atoms with Crippen molar-refractivity contribution < 1.29 is 89.1 Å². The zero-order chi connectivity index (χ0) is 15.5. The second-order valence-electron chi connectivity index (χ2n) is 3.57. The van der Waals surface area contributed by atoms with Crippen molar-refractivity contribution in [2.75, 3.05) is 14.2 Å². The van der Waals surface area contributed by atoms with Gasteiger partial charge in [-0.1, -0.05) is 11.6 Å². The molecule has 0 spiro atoms. The Hall–Kier alpha value is -0.234. The van der Waals surface area contributed by atoms with Crippen molar-refractivity contribution in [1.29, 1.82) is 0 Å². The molecular weight excluding hydrogens is 358 g/mol. The van der Waals surface area contributed by atoms with Gasteiger partial charge in [0, 0.05) is 6.20 Å². The average Bonchev–Trinajstić information content (AvgIpc) is 2.38. The Labute approximate surface area is 171 Å². The molecule has 0 bridgehead atoms. The minimum Gasteiger partial charge on any atom is -0.870 e. The molecule has 0 radical (unpaired) electrons. The first kappa shape index (κ1) is 24.0. The van der Waals surface area contributed by atoms with Gasteiger partial charge in [-0.25, -0.2) is 0 Å². The topological polar surface area (TPSA) is 95.5 Å². The monoisotopic (exact) mass is 367 g/mol. The Bertz CT molecular complexity index is 525. The van der Waals surface area contributed by atoms with Crippen LogP contribution in [0, 0.1) is 0 Å². The maximum absolute atomic E-state index is 12.5. The molecule has 0 amide bonds. The number of hydrogen-bond donors (Lipinski definition) is 0. The number of methoxy groups -OCH3 is 2. The van der Waals surface area contributed by atoms with E-state index in [-0.39, 0.29) is 62.6 Å². The fourth-order valence-corrected chi connectivity index (χ4v) is 1.65. The number of esters is 2. The van der Waals surface area contributed by atoms with Gasteiger partial charge in [-0.05, 0) is 6.07 Å². The molecule has 0 unspecified atom stereocenters. The Morgan fingerprint density at radius 1 is 1.23 bits per heavy atom. The number of pyridine rings is 1. The maximum atomic E-state index is 12.5. The number of carbonyl (C=O) groups excluding carboxylic acids is 2. The third-order valence-corrected chi connectivity index (χ3v) is 2.65. The summed E-state index contributed by atoms with van der Waals surface area (Å²) in [6.07, 6.45) is -4.17. The van der Waals surface area contributed by atoms with E-state index in [1.165, 1.54) is 0 Å². The van der Waals surface area contributed by atoms with Crippen molar-refractivity contribution in [2.45, 2.75) is 12.1 Å². The zero-order valence-corrected chi connectivity index (χ0v) is 15.7. The van der Waals surface area contributed by atoms with E-state index in [0.29, 0.717) is 12.3 Å². The number of halogens is 4. The van der Waals surface area contributed by atoms with E-state index in [0.717, 1.165) is 14.2 Å². The number of alkyl halides is 3. The average molecular weight is 368 g/mol. The van der Waals surface area contributed by atoms with Crippen LogP contribution in [0.4, 0.5) is 13.2 Å². The van der Waals surface area contributed by atoms with Crippen LogP contribution in [0.1, 0.15) is 17.2 Å². The second-order valence-corrected chi connectivity index (χ2v) is 3.98. The van der Waals surface area contributed by atoms with Gasteiger partial charge in [0.15, 0.2) is 5.92 Å². The van der Waals surface area contributed by atoms with E-state index < -0.39 is 34.6 Å². The van der Waals surface area contributed by atoms with Gasteiger partial charge in [0.1, 0.15) is 0 Å². The minimum atomic E-state index is -4.64. The molecule has 0 saturated heterocycles. The van der Waals surface area contributed by atoms with Crippen molar-refractivity contribution in [3.8, 4) is 0 Å². The predicted octanol–water partition coefficient (Wildman–Crippen LogP) is -0.989. The van der Waals surface area contributed by atoms with E-state index in [4.69, 9.17) is 11.6 Å². The van der Waals surface area contributed by atoms with E-state index in [1.807, 2.05) is 0 Å². The summed E-state index contributed by atoms with van der Waals surface area (Å²) < 4.78 is 46.2. The Morgan fingerprint density at radius 3 is 2.00 bits per heavy atom. The molecule has 22 heavy (non-hydrogen) atoms. The van der Waals surface area contributed by atoms with Crippen molar-refractivity contribution >= 4 is 23.5 Å². The summed E-state index contributed by atoms with van der Waals surface area (Å²) in [5.41, 5.74) is -1.46. The molecule has 0 aromatic carbocycles. The van der Waals surface area contributed by atoms with Crippen molar-refractivity contribution in [2.24, 2.45) is 0 Å². The van der Waals surface area contributed by atoms with Crippen LogP contribution < -0.4 is 51.4 Å². The Balaban J connectivity index is 0. The van der Waals surface area contributed by atoms with Crippen molar-refractivity contribution in [1.82, 2.24) is 4.98 Å². The molecule has 11 heteroatoms. The van der Waals surface area contributed by atoms with Crippen LogP contribution in [0.2, 0.25) is 5.02 Å². The molecule has 0 aliphatic rings. The van der Waals surface area contributed by atoms with E-state index >= 15 is 0 Å². The van der Waals surface area contributed by atoms with Crippen LogP contribution in [0.3, 0.4) is 0 Å². The molecule has 1 heterocycles. The molecule has 1 N–H and O–H groups in total. The molecule has 0 aliphatic carbocycles. The number of nitrogens with zero attached hydrogens (tertiary/aromatic N) is 1. The number of rotatable bonds is 3. The van der Waals surface area contributed by atoms with Crippen molar-refractivity contribution in [3.05, 3.63) is 28.5 Å². The SMILES string of the molecule is COC(=O)C(C(=O)OC)c1ncc(C(F)(F)F)cc1Cl.[K+].[OH-]. The first-order valence-electron chi connectivity index (χ1n) is 5.10. The van der Waals surface area contributed by atoms with Crippen LogP contribution in [0.25, 0.3) is 0 Å². The third kappa shape index (κ3) is 5.76. The minimum absolute atomic E-state index is 0.